The van der Waals surface area contributed by atoms with E-state index in [4.69, 9.17) is 0 Å². The van der Waals surface area contributed by atoms with E-state index in [0.717, 1.165) is 30.9 Å². The highest BCUT2D eigenvalue weighted by Crippen LogP contribution is 2.52. The smallest absolute Gasteiger partial charge is 0.371 e. The number of alkyl halides is 6. The van der Waals surface area contributed by atoms with Gasteiger partial charge in [-0.25, -0.2) is 0 Å². The van der Waals surface area contributed by atoms with Crippen LogP contribution in [0.2, 0.25) is 0 Å². The summed E-state index contributed by atoms with van der Waals surface area (Å²) < 4.78 is 78.7. The summed E-state index contributed by atoms with van der Waals surface area (Å²) in [5.74, 6) is 2.54. The average Bonchev–Trinajstić information content (AvgIpc) is 3.40. The maximum absolute atomic E-state index is 13.1. The Morgan fingerprint density at radius 3 is 1.63 bits per heavy atom. The average molecular weight is 423 g/mol. The molecular weight excluding hydrogens is 404 g/mol. The summed E-state index contributed by atoms with van der Waals surface area (Å²) in [7, 11) is 0. The molecule has 2 aliphatic carbocycles. The van der Waals surface area contributed by atoms with Crippen LogP contribution in [0.5, 0.6) is 0 Å². The summed E-state index contributed by atoms with van der Waals surface area (Å²) >= 11 is 0. The fourth-order valence-corrected chi connectivity index (χ4v) is 5.35. The highest BCUT2D eigenvalue weighted by molar-refractivity contribution is 5.68. The first-order valence-electron chi connectivity index (χ1n) is 9.93. The molecular formula is C23H19F6N. The lowest BCUT2D eigenvalue weighted by Gasteiger charge is -2.21. The van der Waals surface area contributed by atoms with Gasteiger partial charge in [-0.2, -0.15) is 26.3 Å². The van der Waals surface area contributed by atoms with E-state index < -0.39 is 23.5 Å². The van der Waals surface area contributed by atoms with E-state index in [2.05, 4.69) is 17.1 Å². The van der Waals surface area contributed by atoms with Gasteiger partial charge >= 0.3 is 12.4 Å². The van der Waals surface area contributed by atoms with Gasteiger partial charge in [-0.05, 0) is 71.6 Å². The van der Waals surface area contributed by atoms with Crippen molar-refractivity contribution in [3.05, 3.63) is 65.7 Å². The fourth-order valence-electron chi connectivity index (χ4n) is 5.35. The molecule has 2 aromatic carbocycles. The van der Waals surface area contributed by atoms with E-state index in [1.54, 1.807) is 24.3 Å². The summed E-state index contributed by atoms with van der Waals surface area (Å²) in [4.78, 5) is 2.28. The van der Waals surface area contributed by atoms with Crippen LogP contribution < -0.4 is 4.90 Å². The van der Waals surface area contributed by atoms with Crippen molar-refractivity contribution in [1.82, 2.24) is 0 Å². The molecule has 2 fully saturated rings. The van der Waals surface area contributed by atoms with Crippen LogP contribution in [0, 0.1) is 23.7 Å². The molecule has 0 radical (unpaired) electrons. The van der Waals surface area contributed by atoms with Crippen molar-refractivity contribution in [2.24, 2.45) is 23.7 Å². The lowest BCUT2D eigenvalue weighted by molar-refractivity contribution is -0.143. The number of hydrogen-bond acceptors (Lipinski definition) is 1. The Hall–Kier alpha value is -2.44. The minimum atomic E-state index is -4.85. The Balaban J connectivity index is 1.42. The molecule has 0 spiro atoms. The van der Waals surface area contributed by atoms with Crippen LogP contribution in [0.4, 0.5) is 32.0 Å². The highest BCUT2D eigenvalue weighted by Gasteiger charge is 2.49. The van der Waals surface area contributed by atoms with Crippen molar-refractivity contribution in [3.63, 3.8) is 0 Å². The maximum Gasteiger partial charge on any atom is 0.416 e. The topological polar surface area (TPSA) is 3.24 Å². The largest absolute Gasteiger partial charge is 0.416 e. The molecule has 1 aliphatic heterocycles. The van der Waals surface area contributed by atoms with E-state index >= 15 is 0 Å². The number of halogens is 6. The van der Waals surface area contributed by atoms with Crippen LogP contribution in [-0.4, -0.2) is 13.1 Å². The number of rotatable bonds is 2. The Morgan fingerprint density at radius 1 is 0.667 bits per heavy atom. The molecule has 5 rings (SSSR count). The van der Waals surface area contributed by atoms with E-state index in [9.17, 15) is 26.3 Å². The minimum absolute atomic E-state index is 0.0933. The zero-order valence-electron chi connectivity index (χ0n) is 15.8. The first-order valence-corrected chi connectivity index (χ1v) is 9.93. The van der Waals surface area contributed by atoms with Crippen LogP contribution in [-0.2, 0) is 12.4 Å². The molecule has 30 heavy (non-hydrogen) atoms. The van der Waals surface area contributed by atoms with Gasteiger partial charge in [0.05, 0.1) is 11.1 Å². The molecule has 158 valence electrons. The second kappa shape index (κ2) is 6.53. The first-order chi connectivity index (χ1) is 14.1. The molecule has 1 saturated heterocycles. The molecule has 1 heterocycles. The van der Waals surface area contributed by atoms with Gasteiger partial charge in [0, 0.05) is 18.8 Å². The van der Waals surface area contributed by atoms with Gasteiger partial charge in [0.2, 0.25) is 0 Å². The SMILES string of the molecule is FC(F)(F)c1cc(-c2ccc(N3C[C@@H]4[C@H](C3)[C@H]3C=C[C@@H]4C3)cc2)cc(C(F)(F)F)c1. The zero-order valence-corrected chi connectivity index (χ0v) is 15.8. The molecule has 0 N–H and O–H groups in total. The van der Waals surface area contributed by atoms with Gasteiger partial charge < -0.3 is 4.90 Å². The van der Waals surface area contributed by atoms with E-state index in [1.807, 2.05) is 0 Å². The Kier molecular flexibility index (Phi) is 4.25. The van der Waals surface area contributed by atoms with Crippen molar-refractivity contribution < 1.29 is 26.3 Å². The molecule has 3 aliphatic rings. The lowest BCUT2D eigenvalue weighted by atomic mass is 9.86. The maximum atomic E-state index is 13.1. The van der Waals surface area contributed by atoms with Gasteiger partial charge in [-0.1, -0.05) is 24.3 Å². The summed E-state index contributed by atoms with van der Waals surface area (Å²) in [5, 5.41) is 0. The third-order valence-electron chi connectivity index (χ3n) is 6.82. The number of anilines is 1. The van der Waals surface area contributed by atoms with Gasteiger partial charge in [0.1, 0.15) is 0 Å². The standard InChI is InChI=1S/C23H19F6N/c24-22(25,26)17-8-16(9-18(10-17)23(27,28)29)13-3-5-19(6-4-13)30-11-20-14-1-2-15(7-14)21(20)12-30/h1-6,8-10,14-15,20-21H,7,11-12H2/t14-,15+,20+,21-. The number of nitrogens with zero attached hydrogens (tertiary/aromatic N) is 1. The Morgan fingerprint density at radius 2 is 1.17 bits per heavy atom. The Bertz CT molecular complexity index is 936. The van der Waals surface area contributed by atoms with Crippen LogP contribution in [0.25, 0.3) is 11.1 Å². The predicted octanol–water partition coefficient (Wildman–Crippen LogP) is 6.65. The first kappa shape index (κ1) is 19.5. The van der Waals surface area contributed by atoms with Crippen LogP contribution >= 0.6 is 0 Å². The van der Waals surface area contributed by atoms with Crippen molar-refractivity contribution >= 4 is 5.69 Å². The minimum Gasteiger partial charge on any atom is -0.371 e. The molecule has 1 saturated carbocycles. The number of benzene rings is 2. The van der Waals surface area contributed by atoms with Crippen molar-refractivity contribution in [2.75, 3.05) is 18.0 Å². The van der Waals surface area contributed by atoms with Crippen molar-refractivity contribution in [3.8, 4) is 11.1 Å². The molecule has 1 nitrogen and oxygen atoms in total. The monoisotopic (exact) mass is 423 g/mol. The molecule has 7 heteroatoms. The second-order valence-corrected chi connectivity index (χ2v) is 8.52. The van der Waals surface area contributed by atoms with E-state index in [0.29, 0.717) is 29.2 Å². The van der Waals surface area contributed by atoms with Crippen LogP contribution in [0.3, 0.4) is 0 Å². The Labute approximate surface area is 170 Å². The van der Waals surface area contributed by atoms with Crippen molar-refractivity contribution in [1.29, 1.82) is 0 Å². The summed E-state index contributed by atoms with van der Waals surface area (Å²) in [5.41, 5.74) is -1.41. The van der Waals surface area contributed by atoms with Gasteiger partial charge in [-0.15, -0.1) is 0 Å². The number of allylic oxidation sites excluding steroid dienone is 2. The quantitative estimate of drug-likeness (QED) is 0.386. The van der Waals surface area contributed by atoms with Crippen LogP contribution in [0.15, 0.2) is 54.6 Å². The number of hydrogen-bond donors (Lipinski definition) is 0. The summed E-state index contributed by atoms with van der Waals surface area (Å²) in [6, 6.07) is 8.49. The predicted molar refractivity (Wildman–Crippen MR) is 102 cm³/mol. The lowest BCUT2D eigenvalue weighted by Crippen LogP contribution is -2.22. The van der Waals surface area contributed by atoms with Crippen LogP contribution in [0.1, 0.15) is 17.5 Å². The zero-order chi connectivity index (χ0) is 21.3. The second-order valence-electron chi connectivity index (χ2n) is 8.52. The molecule has 2 aromatic rings. The van der Waals surface area contributed by atoms with Gasteiger partial charge in [-0.3, -0.25) is 0 Å². The van der Waals surface area contributed by atoms with Gasteiger partial charge in [0.25, 0.3) is 0 Å². The van der Waals surface area contributed by atoms with E-state index in [1.165, 1.54) is 6.42 Å². The third kappa shape index (κ3) is 3.28. The van der Waals surface area contributed by atoms with E-state index in [-0.39, 0.29) is 11.6 Å². The summed E-state index contributed by atoms with van der Waals surface area (Å²) in [6.07, 6.45) is -3.85. The fraction of sp³-hybridized carbons (Fsp3) is 0.391. The molecule has 0 aromatic heterocycles. The molecule has 4 atom stereocenters. The molecule has 0 unspecified atom stereocenters. The molecule has 2 bridgehead atoms. The highest BCUT2D eigenvalue weighted by atomic mass is 19.4. The van der Waals surface area contributed by atoms with Gasteiger partial charge in [0.15, 0.2) is 0 Å². The number of fused-ring (bicyclic) bond motifs is 5. The summed E-state index contributed by atoms with van der Waals surface area (Å²) in [6.45, 7) is 1.88. The third-order valence-corrected chi connectivity index (χ3v) is 6.82. The normalized spacial score (nSPS) is 27.7. The molecule has 0 amide bonds. The van der Waals surface area contributed by atoms with Crippen molar-refractivity contribution in [2.45, 2.75) is 18.8 Å².